The Balaban J connectivity index is 2.50. The molecule has 0 spiro atoms. The van der Waals surface area contributed by atoms with Crippen LogP contribution in [0, 0.1) is 0 Å². The van der Waals surface area contributed by atoms with Crippen molar-refractivity contribution >= 4 is 11.8 Å². The highest BCUT2D eigenvalue weighted by atomic mass is 16.5. The number of ether oxygens (including phenoxy) is 1. The van der Waals surface area contributed by atoms with Crippen LogP contribution < -0.4 is 17.0 Å². The number of carbonyl (C=O) groups is 1. The van der Waals surface area contributed by atoms with Gasteiger partial charge in [-0.25, -0.2) is 14.3 Å². The standard InChI is InChI=1S/C10H11N5O4/c1-2-19-9(17)5-4-12-15(8(5)11)6-3-7(16)14-10(18)13-6/h3-4H,2,11H2,1H3,(H2,13,14,16,18). The second kappa shape index (κ2) is 4.80. The first-order chi connectivity index (χ1) is 9.02. The molecule has 0 amide bonds. The van der Waals surface area contributed by atoms with Crippen LogP contribution in [0.3, 0.4) is 0 Å². The minimum absolute atomic E-state index is 0.0281. The number of carbonyl (C=O) groups excluding carboxylic acids is 1. The first-order valence-electron chi connectivity index (χ1n) is 5.37. The molecule has 2 aromatic rings. The Morgan fingerprint density at radius 3 is 2.84 bits per heavy atom. The minimum Gasteiger partial charge on any atom is -0.462 e. The van der Waals surface area contributed by atoms with Crippen molar-refractivity contribution in [3.63, 3.8) is 0 Å². The minimum atomic E-state index is -0.699. The molecule has 9 heteroatoms. The van der Waals surface area contributed by atoms with Crippen molar-refractivity contribution in [3.05, 3.63) is 38.7 Å². The number of aromatic amines is 2. The van der Waals surface area contributed by atoms with Crippen molar-refractivity contribution in [2.24, 2.45) is 0 Å². The van der Waals surface area contributed by atoms with Gasteiger partial charge in [-0.05, 0) is 6.92 Å². The lowest BCUT2D eigenvalue weighted by atomic mass is 10.3. The summed E-state index contributed by atoms with van der Waals surface area (Å²) in [5.41, 5.74) is 4.49. The van der Waals surface area contributed by atoms with Gasteiger partial charge in [-0.3, -0.25) is 14.8 Å². The highest BCUT2D eigenvalue weighted by Gasteiger charge is 2.17. The molecule has 0 aliphatic carbocycles. The summed E-state index contributed by atoms with van der Waals surface area (Å²) >= 11 is 0. The van der Waals surface area contributed by atoms with E-state index in [4.69, 9.17) is 10.5 Å². The molecule has 100 valence electrons. The molecule has 0 radical (unpaired) electrons. The van der Waals surface area contributed by atoms with Crippen molar-refractivity contribution in [2.45, 2.75) is 6.92 Å². The summed E-state index contributed by atoms with van der Waals surface area (Å²) in [5.74, 6) is -0.597. The molecule has 0 unspecified atom stereocenters. The Labute approximate surface area is 106 Å². The number of hydrogen-bond acceptors (Lipinski definition) is 6. The normalized spacial score (nSPS) is 10.4. The number of rotatable bonds is 3. The van der Waals surface area contributed by atoms with Gasteiger partial charge in [0.1, 0.15) is 17.2 Å². The van der Waals surface area contributed by atoms with E-state index >= 15 is 0 Å². The van der Waals surface area contributed by atoms with Gasteiger partial charge in [0.25, 0.3) is 5.56 Å². The van der Waals surface area contributed by atoms with E-state index in [9.17, 15) is 14.4 Å². The highest BCUT2D eigenvalue weighted by Crippen LogP contribution is 2.15. The van der Waals surface area contributed by atoms with Crippen LogP contribution in [0.2, 0.25) is 0 Å². The molecule has 0 saturated carbocycles. The lowest BCUT2D eigenvalue weighted by molar-refractivity contribution is 0.0527. The van der Waals surface area contributed by atoms with Crippen LogP contribution in [0.25, 0.3) is 5.82 Å². The lowest BCUT2D eigenvalue weighted by Gasteiger charge is -2.04. The van der Waals surface area contributed by atoms with E-state index < -0.39 is 17.2 Å². The van der Waals surface area contributed by atoms with E-state index in [1.54, 1.807) is 6.92 Å². The fourth-order valence-electron chi connectivity index (χ4n) is 1.49. The van der Waals surface area contributed by atoms with E-state index in [1.165, 1.54) is 6.20 Å². The zero-order chi connectivity index (χ0) is 14.0. The van der Waals surface area contributed by atoms with E-state index in [-0.39, 0.29) is 23.8 Å². The monoisotopic (exact) mass is 265 g/mol. The number of aromatic nitrogens is 4. The Morgan fingerprint density at radius 2 is 2.21 bits per heavy atom. The molecule has 0 aliphatic rings. The van der Waals surface area contributed by atoms with Crippen LogP contribution >= 0.6 is 0 Å². The second-order valence-electron chi connectivity index (χ2n) is 3.55. The fraction of sp³-hybridized carbons (Fsp3) is 0.200. The molecule has 0 atom stereocenters. The average molecular weight is 265 g/mol. The number of H-pyrrole nitrogens is 2. The van der Waals surface area contributed by atoms with Crippen molar-refractivity contribution in [1.29, 1.82) is 0 Å². The second-order valence-corrected chi connectivity index (χ2v) is 3.55. The van der Waals surface area contributed by atoms with Gasteiger partial charge in [-0.15, -0.1) is 0 Å². The van der Waals surface area contributed by atoms with Crippen molar-refractivity contribution in [2.75, 3.05) is 12.3 Å². The molecule has 0 bridgehead atoms. The maximum Gasteiger partial charge on any atom is 0.343 e. The molecule has 2 aromatic heterocycles. The lowest BCUT2D eigenvalue weighted by Crippen LogP contribution is -2.24. The predicted molar refractivity (Wildman–Crippen MR) is 65.2 cm³/mol. The van der Waals surface area contributed by atoms with Crippen LogP contribution in [-0.4, -0.2) is 32.3 Å². The van der Waals surface area contributed by atoms with Gasteiger partial charge in [-0.2, -0.15) is 5.10 Å². The molecule has 0 fully saturated rings. The summed E-state index contributed by atoms with van der Waals surface area (Å²) in [7, 11) is 0. The molecule has 2 rings (SSSR count). The first kappa shape index (κ1) is 12.6. The van der Waals surface area contributed by atoms with Gasteiger partial charge in [0, 0.05) is 6.07 Å². The number of hydrogen-bond donors (Lipinski definition) is 3. The molecule has 0 aliphatic heterocycles. The quantitative estimate of drug-likeness (QED) is 0.609. The average Bonchev–Trinajstić information content (AvgIpc) is 2.70. The summed E-state index contributed by atoms with van der Waals surface area (Å²) in [6, 6.07) is 1.10. The molecular formula is C10H11N5O4. The van der Waals surface area contributed by atoms with E-state index in [0.717, 1.165) is 10.7 Å². The fourth-order valence-corrected chi connectivity index (χ4v) is 1.49. The SMILES string of the molecule is CCOC(=O)c1cnn(-c2cc(=O)[nH]c(=O)[nH]2)c1N. The maximum atomic E-state index is 11.5. The third-order valence-electron chi connectivity index (χ3n) is 2.28. The molecule has 4 N–H and O–H groups in total. The van der Waals surface area contributed by atoms with Crippen LogP contribution in [0.4, 0.5) is 5.82 Å². The predicted octanol–water partition coefficient (Wildman–Crippen LogP) is -0.992. The number of nitrogen functional groups attached to an aromatic ring is 1. The Hall–Kier alpha value is -2.84. The van der Waals surface area contributed by atoms with E-state index in [2.05, 4.69) is 10.1 Å². The smallest absolute Gasteiger partial charge is 0.343 e. The largest absolute Gasteiger partial charge is 0.462 e. The van der Waals surface area contributed by atoms with Gasteiger partial charge in [0.15, 0.2) is 0 Å². The summed E-state index contributed by atoms with van der Waals surface area (Å²) < 4.78 is 5.87. The molecular weight excluding hydrogens is 254 g/mol. The van der Waals surface area contributed by atoms with Gasteiger partial charge in [-0.1, -0.05) is 0 Å². The molecule has 0 saturated heterocycles. The summed E-state index contributed by atoms with van der Waals surface area (Å²) in [6.07, 6.45) is 1.20. The van der Waals surface area contributed by atoms with Gasteiger partial charge in [0.2, 0.25) is 0 Å². The summed E-state index contributed by atoms with van der Waals surface area (Å²) in [4.78, 5) is 38.2. The van der Waals surface area contributed by atoms with Crippen molar-refractivity contribution in [1.82, 2.24) is 19.7 Å². The first-order valence-corrected chi connectivity index (χ1v) is 5.37. The van der Waals surface area contributed by atoms with Gasteiger partial charge >= 0.3 is 11.7 Å². The number of esters is 1. The molecule has 2 heterocycles. The zero-order valence-corrected chi connectivity index (χ0v) is 9.97. The zero-order valence-electron chi connectivity index (χ0n) is 9.97. The molecule has 0 aromatic carbocycles. The topological polar surface area (TPSA) is 136 Å². The van der Waals surface area contributed by atoms with Crippen molar-refractivity contribution < 1.29 is 9.53 Å². The van der Waals surface area contributed by atoms with Crippen LogP contribution in [0.5, 0.6) is 0 Å². The molecule has 19 heavy (non-hydrogen) atoms. The van der Waals surface area contributed by atoms with Gasteiger partial charge in [0.05, 0.1) is 12.8 Å². The third kappa shape index (κ3) is 2.39. The number of anilines is 1. The summed E-state index contributed by atoms with van der Waals surface area (Å²) in [6.45, 7) is 1.86. The van der Waals surface area contributed by atoms with Crippen LogP contribution in [0.1, 0.15) is 17.3 Å². The third-order valence-corrected chi connectivity index (χ3v) is 2.28. The van der Waals surface area contributed by atoms with Crippen LogP contribution in [-0.2, 0) is 4.74 Å². The van der Waals surface area contributed by atoms with Gasteiger partial charge < -0.3 is 10.5 Å². The Bertz CT molecular complexity index is 698. The van der Waals surface area contributed by atoms with E-state index in [0.29, 0.717) is 0 Å². The van der Waals surface area contributed by atoms with Crippen molar-refractivity contribution in [3.8, 4) is 5.82 Å². The number of nitrogens with zero attached hydrogens (tertiary/aromatic N) is 2. The number of nitrogens with two attached hydrogens (primary N) is 1. The Morgan fingerprint density at radius 1 is 1.47 bits per heavy atom. The Kier molecular flexibility index (Phi) is 3.19. The molecule has 9 nitrogen and oxygen atoms in total. The van der Waals surface area contributed by atoms with Crippen LogP contribution in [0.15, 0.2) is 21.9 Å². The maximum absolute atomic E-state index is 11.5. The van der Waals surface area contributed by atoms with E-state index in [1.807, 2.05) is 4.98 Å². The number of nitrogens with one attached hydrogen (secondary N) is 2. The summed E-state index contributed by atoms with van der Waals surface area (Å²) in [5, 5.41) is 3.84. The highest BCUT2D eigenvalue weighted by molar-refractivity contribution is 5.94.